The van der Waals surface area contributed by atoms with Crippen molar-refractivity contribution in [1.82, 2.24) is 20.0 Å². The molecule has 0 atom stereocenters. The van der Waals surface area contributed by atoms with Crippen molar-refractivity contribution in [3.05, 3.63) is 0 Å². The smallest absolute Gasteiger partial charge is 0.410 e. The van der Waals surface area contributed by atoms with Gasteiger partial charge in [0.2, 0.25) is 0 Å². The van der Waals surface area contributed by atoms with E-state index in [4.69, 9.17) is 4.74 Å². The second-order valence-corrected chi connectivity index (χ2v) is 9.00. The molecule has 3 heterocycles. The van der Waals surface area contributed by atoms with Gasteiger partial charge in [-0.3, -0.25) is 4.90 Å². The van der Waals surface area contributed by atoms with Gasteiger partial charge >= 0.3 is 6.09 Å². The normalized spacial score (nSPS) is 24.8. The van der Waals surface area contributed by atoms with Gasteiger partial charge in [0.05, 0.1) is 6.54 Å². The predicted molar refractivity (Wildman–Crippen MR) is 104 cm³/mol. The van der Waals surface area contributed by atoms with Gasteiger partial charge in [0.25, 0.3) is 0 Å². The zero-order valence-corrected chi connectivity index (χ0v) is 17.0. The van der Waals surface area contributed by atoms with Gasteiger partial charge in [0.15, 0.2) is 0 Å². The number of nitrogens with one attached hydrogen (secondary N) is 1. The highest BCUT2D eigenvalue weighted by Crippen LogP contribution is 2.34. The van der Waals surface area contributed by atoms with Crippen molar-refractivity contribution in [1.29, 1.82) is 0 Å². The van der Waals surface area contributed by atoms with Crippen LogP contribution in [0.25, 0.3) is 0 Å². The third-order valence-corrected chi connectivity index (χ3v) is 6.22. The number of rotatable bonds is 7. The van der Waals surface area contributed by atoms with E-state index >= 15 is 0 Å². The first kappa shape index (κ1) is 19.9. The van der Waals surface area contributed by atoms with E-state index in [1.165, 1.54) is 12.8 Å². The number of nitrogens with zero attached hydrogens (tertiary/aromatic N) is 3. The predicted octanol–water partition coefficient (Wildman–Crippen LogP) is 2.00. The molecule has 0 radical (unpaired) electrons. The molecule has 3 rings (SSSR count). The van der Waals surface area contributed by atoms with Crippen LogP contribution in [0.2, 0.25) is 0 Å². The molecule has 0 aromatic rings. The number of ether oxygens (including phenoxy) is 1. The average Bonchev–Trinajstić information content (AvgIpc) is 2.91. The van der Waals surface area contributed by atoms with Crippen LogP contribution >= 0.6 is 0 Å². The highest BCUT2D eigenvalue weighted by atomic mass is 16.6. The van der Waals surface area contributed by atoms with Gasteiger partial charge in [-0.2, -0.15) is 0 Å². The van der Waals surface area contributed by atoms with Crippen molar-refractivity contribution in [2.45, 2.75) is 57.6 Å². The Balaban J connectivity index is 1.41. The molecule has 6 heteroatoms. The molecule has 0 aromatic heterocycles. The number of hydrogen-bond donors (Lipinski definition) is 1. The molecule has 0 bridgehead atoms. The largest absolute Gasteiger partial charge is 0.441 e. The molecule has 1 spiro atoms. The van der Waals surface area contributed by atoms with E-state index in [0.717, 1.165) is 77.7 Å². The van der Waals surface area contributed by atoms with Gasteiger partial charge in [-0.1, -0.05) is 13.8 Å². The lowest BCUT2D eigenvalue weighted by Crippen LogP contribution is -2.52. The summed E-state index contributed by atoms with van der Waals surface area (Å²) in [5.74, 6) is 0.685. The zero-order valence-electron chi connectivity index (χ0n) is 17.0. The molecular formula is C20H38N4O2. The van der Waals surface area contributed by atoms with Crippen molar-refractivity contribution < 1.29 is 9.53 Å². The Morgan fingerprint density at radius 2 is 1.96 bits per heavy atom. The summed E-state index contributed by atoms with van der Waals surface area (Å²) in [4.78, 5) is 19.3. The minimum absolute atomic E-state index is 0.0909. The van der Waals surface area contributed by atoms with Crippen molar-refractivity contribution in [3.8, 4) is 0 Å². The molecule has 6 nitrogen and oxygen atoms in total. The van der Waals surface area contributed by atoms with E-state index < -0.39 is 0 Å². The van der Waals surface area contributed by atoms with Crippen molar-refractivity contribution >= 4 is 6.09 Å². The molecule has 150 valence electrons. The molecule has 0 unspecified atom stereocenters. The van der Waals surface area contributed by atoms with E-state index in [0.29, 0.717) is 5.92 Å². The second-order valence-electron chi connectivity index (χ2n) is 9.00. The van der Waals surface area contributed by atoms with Crippen LogP contribution in [0.15, 0.2) is 0 Å². The van der Waals surface area contributed by atoms with Gasteiger partial charge < -0.3 is 19.9 Å². The molecule has 26 heavy (non-hydrogen) atoms. The first-order valence-corrected chi connectivity index (χ1v) is 10.6. The van der Waals surface area contributed by atoms with Crippen LogP contribution in [0.4, 0.5) is 4.79 Å². The lowest BCUT2D eigenvalue weighted by atomic mass is 9.89. The highest BCUT2D eigenvalue weighted by Gasteiger charge is 2.47. The third kappa shape index (κ3) is 5.11. The molecule has 0 saturated carbocycles. The van der Waals surface area contributed by atoms with Crippen LogP contribution in [0, 0.1) is 5.92 Å². The maximum Gasteiger partial charge on any atom is 0.410 e. The summed E-state index contributed by atoms with van der Waals surface area (Å²) < 4.78 is 5.89. The summed E-state index contributed by atoms with van der Waals surface area (Å²) in [6, 6.07) is 0.721. The summed E-state index contributed by atoms with van der Waals surface area (Å²) in [6.07, 6.45) is 5.42. The lowest BCUT2D eigenvalue weighted by molar-refractivity contribution is -0.0135. The Labute approximate surface area is 159 Å². The molecule has 1 amide bonds. The van der Waals surface area contributed by atoms with Crippen molar-refractivity contribution in [2.24, 2.45) is 5.92 Å². The third-order valence-electron chi connectivity index (χ3n) is 6.22. The SMILES string of the molecule is CC(C)CN(C)CCCN1CC2(CCN(C3CCNCC3)CC2)OC1=O. The van der Waals surface area contributed by atoms with Crippen LogP contribution in [0.3, 0.4) is 0 Å². The van der Waals surface area contributed by atoms with Crippen molar-refractivity contribution in [3.63, 3.8) is 0 Å². The summed E-state index contributed by atoms with van der Waals surface area (Å²) in [5.41, 5.74) is -0.218. The fourth-order valence-electron chi connectivity index (χ4n) is 4.84. The van der Waals surface area contributed by atoms with Crippen LogP contribution in [0.5, 0.6) is 0 Å². The van der Waals surface area contributed by atoms with Crippen LogP contribution < -0.4 is 5.32 Å². The monoisotopic (exact) mass is 366 g/mol. The quantitative estimate of drug-likeness (QED) is 0.747. The summed E-state index contributed by atoms with van der Waals surface area (Å²) in [7, 11) is 2.17. The van der Waals surface area contributed by atoms with Gasteiger partial charge in [-0.15, -0.1) is 0 Å². The van der Waals surface area contributed by atoms with Crippen molar-refractivity contribution in [2.75, 3.05) is 59.4 Å². The maximum atomic E-state index is 12.4. The fraction of sp³-hybridized carbons (Fsp3) is 0.950. The van der Waals surface area contributed by atoms with Crippen LogP contribution in [-0.2, 0) is 4.74 Å². The molecule has 3 fully saturated rings. The Morgan fingerprint density at radius 3 is 2.62 bits per heavy atom. The van der Waals surface area contributed by atoms with E-state index in [1.807, 2.05) is 4.90 Å². The topological polar surface area (TPSA) is 48.0 Å². The average molecular weight is 367 g/mol. The molecule has 3 saturated heterocycles. The fourth-order valence-corrected chi connectivity index (χ4v) is 4.84. The Kier molecular flexibility index (Phi) is 6.81. The van der Waals surface area contributed by atoms with Gasteiger partial charge in [0, 0.05) is 45.1 Å². The summed E-state index contributed by atoms with van der Waals surface area (Å²) in [6.45, 7) is 12.7. The standard InChI is InChI=1S/C20H38N4O2/c1-17(2)15-22(3)11-4-12-24-16-20(26-19(24)25)7-13-23(14-8-20)18-5-9-21-10-6-18/h17-18,21H,4-16H2,1-3H3. The zero-order chi connectivity index (χ0) is 18.6. The number of hydrogen-bond acceptors (Lipinski definition) is 5. The first-order chi connectivity index (χ1) is 12.5. The Bertz CT molecular complexity index is 457. The molecule has 3 aliphatic heterocycles. The second kappa shape index (κ2) is 8.89. The minimum Gasteiger partial charge on any atom is -0.441 e. The van der Waals surface area contributed by atoms with E-state index in [-0.39, 0.29) is 11.7 Å². The molecular weight excluding hydrogens is 328 g/mol. The minimum atomic E-state index is -0.218. The summed E-state index contributed by atoms with van der Waals surface area (Å²) >= 11 is 0. The number of amides is 1. The lowest BCUT2D eigenvalue weighted by Gasteiger charge is -2.42. The highest BCUT2D eigenvalue weighted by molar-refractivity contribution is 5.70. The molecule has 0 aromatic carbocycles. The van der Waals surface area contributed by atoms with E-state index in [1.54, 1.807) is 0 Å². The van der Waals surface area contributed by atoms with Crippen LogP contribution in [0.1, 0.15) is 46.0 Å². The van der Waals surface area contributed by atoms with Crippen LogP contribution in [-0.4, -0.2) is 91.8 Å². The first-order valence-electron chi connectivity index (χ1n) is 10.6. The molecule has 1 N–H and O–H groups in total. The van der Waals surface area contributed by atoms with Gasteiger partial charge in [-0.25, -0.2) is 4.79 Å². The van der Waals surface area contributed by atoms with Gasteiger partial charge in [-0.05, 0) is 51.9 Å². The van der Waals surface area contributed by atoms with E-state index in [2.05, 4.69) is 36.0 Å². The molecule has 3 aliphatic rings. The number of likely N-dealkylation sites (tertiary alicyclic amines) is 1. The number of carbonyl (C=O) groups excluding carboxylic acids is 1. The maximum absolute atomic E-state index is 12.4. The number of piperidine rings is 2. The number of carbonyl (C=O) groups is 1. The Morgan fingerprint density at radius 1 is 1.27 bits per heavy atom. The summed E-state index contributed by atoms with van der Waals surface area (Å²) in [5, 5.41) is 3.45. The Hall–Kier alpha value is -0.850. The molecule has 0 aliphatic carbocycles. The van der Waals surface area contributed by atoms with Gasteiger partial charge in [0.1, 0.15) is 5.60 Å². The van der Waals surface area contributed by atoms with E-state index in [9.17, 15) is 4.79 Å².